The second kappa shape index (κ2) is 9.19. The molecular formula is C27H30N2O4. The van der Waals surface area contributed by atoms with Gasteiger partial charge in [-0.05, 0) is 63.1 Å². The minimum atomic E-state index is -0.506. The molecule has 0 saturated carbocycles. The van der Waals surface area contributed by atoms with Crippen molar-refractivity contribution < 1.29 is 18.7 Å². The Hall–Kier alpha value is -3.46. The van der Waals surface area contributed by atoms with Gasteiger partial charge in [0, 0.05) is 30.3 Å². The van der Waals surface area contributed by atoms with E-state index in [0.29, 0.717) is 18.7 Å². The van der Waals surface area contributed by atoms with Crippen LogP contribution in [-0.4, -0.2) is 35.8 Å². The zero-order chi connectivity index (χ0) is 23.6. The van der Waals surface area contributed by atoms with Gasteiger partial charge in [0.25, 0.3) is 0 Å². The van der Waals surface area contributed by atoms with Crippen LogP contribution in [0.15, 0.2) is 46.9 Å². The minimum Gasteiger partial charge on any atom is -0.489 e. The molecule has 1 saturated heterocycles. The molecule has 6 heteroatoms. The van der Waals surface area contributed by atoms with Gasteiger partial charge in [-0.15, -0.1) is 0 Å². The molecule has 1 amide bonds. The van der Waals surface area contributed by atoms with Crippen LogP contribution in [0.4, 0.5) is 4.79 Å². The van der Waals surface area contributed by atoms with Gasteiger partial charge in [0.05, 0.1) is 18.2 Å². The van der Waals surface area contributed by atoms with E-state index in [4.69, 9.17) is 13.9 Å². The van der Waals surface area contributed by atoms with Gasteiger partial charge in [-0.25, -0.2) is 4.79 Å². The molecule has 0 N–H and O–H groups in total. The number of rotatable bonds is 5. The first-order chi connectivity index (χ1) is 15.8. The van der Waals surface area contributed by atoms with Crippen LogP contribution in [0.1, 0.15) is 51.9 Å². The summed E-state index contributed by atoms with van der Waals surface area (Å²) in [4.78, 5) is 14.0. The van der Waals surface area contributed by atoms with E-state index in [1.165, 1.54) is 0 Å². The third kappa shape index (κ3) is 5.14. The van der Waals surface area contributed by atoms with E-state index in [1.807, 2.05) is 57.2 Å². The Bertz CT molecular complexity index is 1180. The van der Waals surface area contributed by atoms with Crippen molar-refractivity contribution >= 4 is 17.1 Å². The molecule has 3 aromatic rings. The van der Waals surface area contributed by atoms with Crippen molar-refractivity contribution in [2.75, 3.05) is 13.1 Å². The molecular weight excluding hydrogens is 416 g/mol. The fourth-order valence-electron chi connectivity index (χ4n) is 4.15. The number of hydrogen-bond donors (Lipinski definition) is 0. The molecule has 172 valence electrons. The number of fused-ring (bicyclic) bond motifs is 1. The van der Waals surface area contributed by atoms with E-state index in [-0.39, 0.29) is 12.2 Å². The summed E-state index contributed by atoms with van der Waals surface area (Å²) in [7, 11) is 0. The van der Waals surface area contributed by atoms with Crippen molar-refractivity contribution in [3.05, 3.63) is 53.8 Å². The molecule has 1 fully saturated rings. The highest BCUT2D eigenvalue weighted by atomic mass is 16.6. The first-order valence-electron chi connectivity index (χ1n) is 11.5. The molecule has 33 heavy (non-hydrogen) atoms. The summed E-state index contributed by atoms with van der Waals surface area (Å²) in [6.07, 6.45) is 2.20. The van der Waals surface area contributed by atoms with E-state index >= 15 is 0 Å². The number of benzene rings is 2. The Kier molecular flexibility index (Phi) is 6.33. The lowest BCUT2D eigenvalue weighted by molar-refractivity contribution is 0.0275. The highest BCUT2D eigenvalue weighted by molar-refractivity contribution is 5.96. The Morgan fingerprint density at radius 2 is 1.97 bits per heavy atom. The van der Waals surface area contributed by atoms with E-state index in [9.17, 15) is 10.1 Å². The fourth-order valence-corrected chi connectivity index (χ4v) is 4.15. The summed E-state index contributed by atoms with van der Waals surface area (Å²) in [5.41, 5.74) is 2.96. The maximum Gasteiger partial charge on any atom is 0.410 e. The summed E-state index contributed by atoms with van der Waals surface area (Å²) >= 11 is 0. The largest absolute Gasteiger partial charge is 0.489 e. The predicted molar refractivity (Wildman–Crippen MR) is 127 cm³/mol. The Morgan fingerprint density at radius 1 is 1.21 bits per heavy atom. The first kappa shape index (κ1) is 22.7. The van der Waals surface area contributed by atoms with Crippen molar-refractivity contribution in [1.82, 2.24) is 4.90 Å². The molecule has 0 spiro atoms. The Morgan fingerprint density at radius 3 is 2.64 bits per heavy atom. The average molecular weight is 447 g/mol. The molecule has 1 aromatic heterocycles. The van der Waals surface area contributed by atoms with Crippen LogP contribution in [0.25, 0.3) is 22.1 Å². The zero-order valence-corrected chi connectivity index (χ0v) is 19.7. The molecule has 2 heterocycles. The molecule has 0 bridgehead atoms. The summed E-state index contributed by atoms with van der Waals surface area (Å²) in [6, 6.07) is 15.7. The summed E-state index contributed by atoms with van der Waals surface area (Å²) in [6.45, 7) is 8.87. The van der Waals surface area contributed by atoms with E-state index < -0.39 is 5.60 Å². The van der Waals surface area contributed by atoms with Gasteiger partial charge in [-0.3, -0.25) is 0 Å². The molecule has 0 aliphatic carbocycles. The summed E-state index contributed by atoms with van der Waals surface area (Å²) < 4.78 is 17.7. The van der Waals surface area contributed by atoms with E-state index in [2.05, 4.69) is 13.0 Å². The van der Waals surface area contributed by atoms with Crippen LogP contribution in [0.2, 0.25) is 0 Å². The number of nitriles is 1. The van der Waals surface area contributed by atoms with Crippen LogP contribution in [0.5, 0.6) is 5.75 Å². The zero-order valence-electron chi connectivity index (χ0n) is 19.7. The predicted octanol–water partition coefficient (Wildman–Crippen LogP) is 6.31. The SMILES string of the molecule is CCCc1oc2ccc(C#N)cc2c1-c1ccc(O[C@H]2CCN(C(=O)OC(C)(C)C)C2)cc1. The smallest absolute Gasteiger partial charge is 0.410 e. The maximum absolute atomic E-state index is 12.3. The van der Waals surface area contributed by atoms with E-state index in [0.717, 1.165) is 52.9 Å². The quantitative estimate of drug-likeness (QED) is 0.459. The minimum absolute atomic E-state index is 0.0630. The van der Waals surface area contributed by atoms with Crippen LogP contribution in [0, 0.1) is 11.3 Å². The Labute approximate surface area is 194 Å². The van der Waals surface area contributed by atoms with Gasteiger partial charge in [0.2, 0.25) is 0 Å². The van der Waals surface area contributed by atoms with Crippen molar-refractivity contribution in [3.8, 4) is 22.9 Å². The van der Waals surface area contributed by atoms with Crippen molar-refractivity contribution in [2.45, 2.75) is 58.7 Å². The van der Waals surface area contributed by atoms with Crippen LogP contribution >= 0.6 is 0 Å². The molecule has 0 radical (unpaired) electrons. The maximum atomic E-state index is 12.3. The van der Waals surface area contributed by atoms with Crippen LogP contribution < -0.4 is 4.74 Å². The fraction of sp³-hybridized carbons (Fsp3) is 0.407. The highest BCUT2D eigenvalue weighted by Crippen LogP contribution is 2.37. The van der Waals surface area contributed by atoms with E-state index in [1.54, 1.807) is 11.0 Å². The first-order valence-corrected chi connectivity index (χ1v) is 11.5. The monoisotopic (exact) mass is 446 g/mol. The van der Waals surface area contributed by atoms with Gasteiger partial charge >= 0.3 is 6.09 Å². The molecule has 0 unspecified atom stereocenters. The summed E-state index contributed by atoms with van der Waals surface area (Å²) in [5.74, 6) is 1.69. The number of furan rings is 1. The van der Waals surface area contributed by atoms with Gasteiger partial charge in [-0.2, -0.15) is 5.26 Å². The molecule has 1 aliphatic heterocycles. The molecule has 6 nitrogen and oxygen atoms in total. The molecule has 1 aliphatic rings. The van der Waals surface area contributed by atoms with Gasteiger partial charge < -0.3 is 18.8 Å². The standard InChI is InChI=1S/C27H30N2O4/c1-5-6-24-25(22-15-18(16-28)7-12-23(22)32-24)19-8-10-20(11-9-19)31-21-13-14-29(17-21)26(30)33-27(2,3)4/h7-12,15,21H,5-6,13-14,17H2,1-4H3/t21-/m0/s1. The Balaban J connectivity index is 1.50. The van der Waals surface area contributed by atoms with Crippen molar-refractivity contribution in [3.63, 3.8) is 0 Å². The van der Waals surface area contributed by atoms with Gasteiger partial charge in [0.1, 0.15) is 28.8 Å². The van der Waals surface area contributed by atoms with Gasteiger partial charge in [0.15, 0.2) is 0 Å². The number of carbonyl (C=O) groups is 1. The number of nitrogens with zero attached hydrogens (tertiary/aromatic N) is 2. The van der Waals surface area contributed by atoms with Crippen molar-refractivity contribution in [1.29, 1.82) is 5.26 Å². The second-order valence-corrected chi connectivity index (χ2v) is 9.45. The van der Waals surface area contributed by atoms with Gasteiger partial charge in [-0.1, -0.05) is 19.1 Å². The molecule has 1 atom stereocenters. The average Bonchev–Trinajstić information content (AvgIpc) is 3.37. The number of aryl methyl sites for hydroxylation is 1. The topological polar surface area (TPSA) is 75.7 Å². The third-order valence-electron chi connectivity index (χ3n) is 5.61. The third-order valence-corrected chi connectivity index (χ3v) is 5.61. The summed E-state index contributed by atoms with van der Waals surface area (Å²) in [5, 5.41) is 10.3. The number of amides is 1. The molecule has 2 aromatic carbocycles. The number of likely N-dealkylation sites (tertiary alicyclic amines) is 1. The molecule has 4 rings (SSSR count). The second-order valence-electron chi connectivity index (χ2n) is 9.45. The van der Waals surface area contributed by atoms with Crippen LogP contribution in [-0.2, 0) is 11.2 Å². The number of carbonyl (C=O) groups excluding carboxylic acids is 1. The van der Waals surface area contributed by atoms with Crippen molar-refractivity contribution in [2.24, 2.45) is 0 Å². The lowest BCUT2D eigenvalue weighted by atomic mass is 9.99. The lowest BCUT2D eigenvalue weighted by Gasteiger charge is -2.24. The number of hydrogen-bond acceptors (Lipinski definition) is 5. The lowest BCUT2D eigenvalue weighted by Crippen LogP contribution is -2.36. The normalized spacial score (nSPS) is 16.1. The highest BCUT2D eigenvalue weighted by Gasteiger charge is 2.31. The number of ether oxygens (including phenoxy) is 2. The van der Waals surface area contributed by atoms with Crippen LogP contribution in [0.3, 0.4) is 0 Å².